The van der Waals surface area contributed by atoms with Crippen molar-refractivity contribution in [1.82, 2.24) is 0 Å². The van der Waals surface area contributed by atoms with Crippen molar-refractivity contribution in [3.63, 3.8) is 0 Å². The van der Waals surface area contributed by atoms with Gasteiger partial charge in [-0.15, -0.1) is 0 Å². The number of carbonyl (C=O) groups is 1. The highest BCUT2D eigenvalue weighted by molar-refractivity contribution is 6.08. The van der Waals surface area contributed by atoms with Crippen LogP contribution >= 0.6 is 0 Å². The molecule has 0 spiro atoms. The predicted molar refractivity (Wildman–Crippen MR) is 116 cm³/mol. The second kappa shape index (κ2) is 7.51. The molecule has 3 aromatic carbocycles. The van der Waals surface area contributed by atoms with Gasteiger partial charge < -0.3 is 10.6 Å². The van der Waals surface area contributed by atoms with Gasteiger partial charge in [0, 0.05) is 17.9 Å². The van der Waals surface area contributed by atoms with Crippen molar-refractivity contribution in [3.05, 3.63) is 95.1 Å². The van der Waals surface area contributed by atoms with Gasteiger partial charge in [-0.3, -0.25) is 4.79 Å². The fourth-order valence-corrected chi connectivity index (χ4v) is 3.95. The van der Waals surface area contributed by atoms with Crippen LogP contribution in [0.3, 0.4) is 0 Å². The minimum atomic E-state index is -0.0895. The molecule has 0 aromatic heterocycles. The quantitative estimate of drug-likeness (QED) is 0.598. The zero-order valence-electron chi connectivity index (χ0n) is 16.5. The van der Waals surface area contributed by atoms with Crippen LogP contribution in [0.25, 0.3) is 0 Å². The van der Waals surface area contributed by atoms with E-state index in [0.717, 1.165) is 24.2 Å². The van der Waals surface area contributed by atoms with Gasteiger partial charge >= 0.3 is 0 Å². The first kappa shape index (κ1) is 18.3. The number of aryl methyl sites for hydroxylation is 1. The van der Waals surface area contributed by atoms with Crippen molar-refractivity contribution in [1.29, 1.82) is 0 Å². The van der Waals surface area contributed by atoms with Crippen molar-refractivity contribution in [2.75, 3.05) is 10.6 Å². The van der Waals surface area contributed by atoms with Crippen LogP contribution in [-0.4, -0.2) is 5.91 Å². The molecule has 0 heterocycles. The number of hydrogen-bond donors (Lipinski definition) is 2. The molecule has 2 N–H and O–H groups in total. The minimum absolute atomic E-state index is 0.0895. The zero-order chi connectivity index (χ0) is 19.6. The average molecular weight is 370 g/mol. The van der Waals surface area contributed by atoms with E-state index in [-0.39, 0.29) is 11.3 Å². The molecule has 28 heavy (non-hydrogen) atoms. The first-order valence-corrected chi connectivity index (χ1v) is 9.84. The molecule has 0 saturated heterocycles. The Morgan fingerprint density at radius 1 is 0.964 bits per heavy atom. The van der Waals surface area contributed by atoms with E-state index in [1.165, 1.54) is 16.7 Å². The lowest BCUT2D eigenvalue weighted by Crippen LogP contribution is -2.15. The summed E-state index contributed by atoms with van der Waals surface area (Å²) < 4.78 is 0. The smallest absolute Gasteiger partial charge is 0.257 e. The third kappa shape index (κ3) is 3.79. The molecule has 3 heteroatoms. The molecule has 0 saturated carbocycles. The van der Waals surface area contributed by atoms with Crippen molar-refractivity contribution in [2.45, 2.75) is 38.6 Å². The fraction of sp³-hybridized carbons (Fsp3) is 0.240. The molecule has 3 aromatic rings. The summed E-state index contributed by atoms with van der Waals surface area (Å²) >= 11 is 0. The maximum Gasteiger partial charge on any atom is 0.257 e. The maximum atomic E-state index is 12.9. The summed E-state index contributed by atoms with van der Waals surface area (Å²) in [7, 11) is 0. The summed E-state index contributed by atoms with van der Waals surface area (Å²) in [6.45, 7) is 5.25. The molecule has 0 aliphatic heterocycles. The average Bonchev–Trinajstić information content (AvgIpc) is 3.01. The molecular formula is C25H26N2O. The van der Waals surface area contributed by atoms with Gasteiger partial charge in [0.15, 0.2) is 0 Å². The zero-order valence-corrected chi connectivity index (χ0v) is 16.5. The maximum absolute atomic E-state index is 12.9. The molecule has 0 atom stereocenters. The number of fused-ring (bicyclic) bond motifs is 1. The van der Waals surface area contributed by atoms with Crippen LogP contribution in [0.1, 0.15) is 47.3 Å². The van der Waals surface area contributed by atoms with Crippen LogP contribution in [0.5, 0.6) is 0 Å². The highest BCUT2D eigenvalue weighted by atomic mass is 16.1. The number of para-hydroxylation sites is 1. The van der Waals surface area contributed by atoms with E-state index >= 15 is 0 Å². The highest BCUT2D eigenvalue weighted by Gasteiger charge is 2.29. The molecule has 0 fully saturated rings. The van der Waals surface area contributed by atoms with E-state index < -0.39 is 0 Å². The molecule has 1 aliphatic rings. The monoisotopic (exact) mass is 370 g/mol. The standard InChI is InChI=1S/C25H26N2O/c1-25(2)15-14-19-16-20(12-13-22(19)25)27-24(28)21-10-6-7-11-23(21)26-17-18-8-4-3-5-9-18/h3-13,16,26H,14-15,17H2,1-2H3,(H,27,28). The van der Waals surface area contributed by atoms with Gasteiger partial charge in [0.1, 0.15) is 0 Å². The summed E-state index contributed by atoms with van der Waals surface area (Å²) in [5, 5.41) is 6.46. The fourth-order valence-electron chi connectivity index (χ4n) is 3.95. The minimum Gasteiger partial charge on any atom is -0.380 e. The highest BCUT2D eigenvalue weighted by Crippen LogP contribution is 2.39. The number of benzene rings is 3. The lowest BCUT2D eigenvalue weighted by Gasteiger charge is -2.19. The Hall–Kier alpha value is -3.07. The number of rotatable bonds is 5. The van der Waals surface area contributed by atoms with Crippen molar-refractivity contribution in [2.24, 2.45) is 0 Å². The SMILES string of the molecule is CC1(C)CCc2cc(NC(=O)c3ccccc3NCc3ccccc3)ccc21. The third-order valence-corrected chi connectivity index (χ3v) is 5.61. The van der Waals surface area contributed by atoms with E-state index in [2.05, 4.69) is 48.7 Å². The van der Waals surface area contributed by atoms with E-state index in [1.54, 1.807) is 0 Å². The molecule has 0 bridgehead atoms. The summed E-state index contributed by atoms with van der Waals surface area (Å²) in [6, 6.07) is 24.1. The van der Waals surface area contributed by atoms with Gasteiger partial charge in [-0.05, 0) is 59.2 Å². The van der Waals surface area contributed by atoms with Crippen molar-refractivity contribution >= 4 is 17.3 Å². The predicted octanol–water partition coefficient (Wildman–Crippen LogP) is 5.77. The molecule has 0 unspecified atom stereocenters. The number of amides is 1. The van der Waals surface area contributed by atoms with Gasteiger partial charge in [-0.25, -0.2) is 0 Å². The summed E-state index contributed by atoms with van der Waals surface area (Å²) in [6.07, 6.45) is 2.23. The topological polar surface area (TPSA) is 41.1 Å². The second-order valence-electron chi connectivity index (χ2n) is 8.09. The Kier molecular flexibility index (Phi) is 4.91. The normalized spacial score (nSPS) is 14.4. The van der Waals surface area contributed by atoms with Crippen molar-refractivity contribution < 1.29 is 4.79 Å². The Morgan fingerprint density at radius 2 is 1.71 bits per heavy atom. The largest absolute Gasteiger partial charge is 0.380 e. The van der Waals surface area contributed by atoms with Crippen LogP contribution in [0.2, 0.25) is 0 Å². The van der Waals surface area contributed by atoms with Gasteiger partial charge in [-0.1, -0.05) is 62.4 Å². The molecule has 1 aliphatic carbocycles. The first-order valence-electron chi connectivity index (χ1n) is 9.84. The van der Waals surface area contributed by atoms with E-state index in [0.29, 0.717) is 12.1 Å². The molecule has 0 radical (unpaired) electrons. The number of carbonyl (C=O) groups excluding carboxylic acids is 1. The van der Waals surface area contributed by atoms with Gasteiger partial charge in [0.25, 0.3) is 5.91 Å². The molecule has 3 nitrogen and oxygen atoms in total. The van der Waals surface area contributed by atoms with Crippen LogP contribution in [0, 0.1) is 0 Å². The molecular weight excluding hydrogens is 344 g/mol. The van der Waals surface area contributed by atoms with Gasteiger partial charge in [0.2, 0.25) is 0 Å². The number of hydrogen-bond acceptors (Lipinski definition) is 2. The van der Waals surface area contributed by atoms with Gasteiger partial charge in [0.05, 0.1) is 5.56 Å². The molecule has 4 rings (SSSR count). The Balaban J connectivity index is 1.50. The number of nitrogens with one attached hydrogen (secondary N) is 2. The Labute approximate surface area is 166 Å². The van der Waals surface area contributed by atoms with Crippen LogP contribution in [-0.2, 0) is 18.4 Å². The summed E-state index contributed by atoms with van der Waals surface area (Å²) in [5.41, 5.74) is 6.50. The Morgan fingerprint density at radius 3 is 2.54 bits per heavy atom. The summed E-state index contributed by atoms with van der Waals surface area (Å²) in [4.78, 5) is 12.9. The number of anilines is 2. The second-order valence-corrected chi connectivity index (χ2v) is 8.09. The van der Waals surface area contributed by atoms with E-state index in [9.17, 15) is 4.79 Å². The van der Waals surface area contributed by atoms with Crippen LogP contribution in [0.4, 0.5) is 11.4 Å². The summed E-state index contributed by atoms with van der Waals surface area (Å²) in [5.74, 6) is -0.0895. The lowest BCUT2D eigenvalue weighted by molar-refractivity contribution is 0.102. The third-order valence-electron chi connectivity index (χ3n) is 5.61. The Bertz CT molecular complexity index is 992. The van der Waals surface area contributed by atoms with Crippen molar-refractivity contribution in [3.8, 4) is 0 Å². The van der Waals surface area contributed by atoms with Crippen LogP contribution in [0.15, 0.2) is 72.8 Å². The molecule has 1 amide bonds. The van der Waals surface area contributed by atoms with E-state index in [4.69, 9.17) is 0 Å². The van der Waals surface area contributed by atoms with Crippen LogP contribution < -0.4 is 10.6 Å². The van der Waals surface area contributed by atoms with E-state index in [1.807, 2.05) is 48.5 Å². The first-order chi connectivity index (χ1) is 13.5. The molecule has 142 valence electrons. The van der Waals surface area contributed by atoms with Gasteiger partial charge in [-0.2, -0.15) is 0 Å². The lowest BCUT2D eigenvalue weighted by atomic mass is 9.86.